The molecule has 6 heteroatoms. The normalized spacial score (nSPS) is 18.5. The third-order valence-corrected chi connectivity index (χ3v) is 3.46. The molecule has 1 N–H and O–H groups in total. The van der Waals surface area contributed by atoms with E-state index in [9.17, 15) is 4.79 Å². The summed E-state index contributed by atoms with van der Waals surface area (Å²) in [6.07, 6.45) is 6.64. The molecule has 104 valence electrons. The van der Waals surface area contributed by atoms with Gasteiger partial charge < -0.3 is 10.1 Å². The van der Waals surface area contributed by atoms with E-state index >= 15 is 0 Å². The molecule has 1 saturated heterocycles. The molecule has 2 heterocycles. The number of halogens is 1. The van der Waals surface area contributed by atoms with Gasteiger partial charge in [0.05, 0.1) is 24.5 Å². The topological polar surface area (TPSA) is 56.1 Å². The van der Waals surface area contributed by atoms with Crippen LogP contribution in [0.4, 0.5) is 5.69 Å². The van der Waals surface area contributed by atoms with E-state index < -0.39 is 0 Å². The molecule has 0 aromatic carbocycles. The zero-order chi connectivity index (χ0) is 13.7. The van der Waals surface area contributed by atoms with Crippen LogP contribution in [0, 0.1) is 0 Å². The Morgan fingerprint density at radius 3 is 3.21 bits per heavy atom. The van der Waals surface area contributed by atoms with Gasteiger partial charge in [0.2, 0.25) is 0 Å². The Kier molecular flexibility index (Phi) is 4.99. The molecule has 19 heavy (non-hydrogen) atoms. The van der Waals surface area contributed by atoms with Crippen molar-refractivity contribution in [3.05, 3.63) is 34.2 Å². The van der Waals surface area contributed by atoms with Crippen molar-refractivity contribution < 1.29 is 4.74 Å². The van der Waals surface area contributed by atoms with Crippen LogP contribution in [0.25, 0.3) is 0 Å². The van der Waals surface area contributed by atoms with Crippen LogP contribution in [-0.2, 0) is 11.3 Å². The molecule has 1 unspecified atom stereocenters. The van der Waals surface area contributed by atoms with E-state index in [1.54, 1.807) is 12.3 Å². The lowest BCUT2D eigenvalue weighted by Gasteiger charge is -2.12. The molecule has 0 saturated carbocycles. The van der Waals surface area contributed by atoms with Gasteiger partial charge in [0.1, 0.15) is 5.02 Å². The summed E-state index contributed by atoms with van der Waals surface area (Å²) in [5.74, 6) is 0. The van der Waals surface area contributed by atoms with Gasteiger partial charge in [-0.25, -0.2) is 4.68 Å². The number of hydrogen-bond donors (Lipinski definition) is 1. The van der Waals surface area contributed by atoms with E-state index in [1.165, 1.54) is 4.68 Å². The summed E-state index contributed by atoms with van der Waals surface area (Å²) in [6.45, 7) is 5.50. The number of ether oxygens (including phenoxy) is 1. The molecule has 0 amide bonds. The zero-order valence-electron chi connectivity index (χ0n) is 10.8. The summed E-state index contributed by atoms with van der Waals surface area (Å²) in [4.78, 5) is 11.9. The van der Waals surface area contributed by atoms with Crippen LogP contribution in [0.15, 0.2) is 23.6 Å². The van der Waals surface area contributed by atoms with Gasteiger partial charge in [-0.15, -0.1) is 6.58 Å². The Hall–Kier alpha value is -1.33. The van der Waals surface area contributed by atoms with Crippen molar-refractivity contribution in [2.75, 3.05) is 18.5 Å². The van der Waals surface area contributed by atoms with Gasteiger partial charge >= 0.3 is 0 Å². The van der Waals surface area contributed by atoms with Crippen molar-refractivity contribution in [3.63, 3.8) is 0 Å². The molecule has 5 nitrogen and oxygen atoms in total. The molecule has 0 aliphatic carbocycles. The minimum atomic E-state index is -0.302. The number of allylic oxidation sites excluding steroid dienone is 1. The van der Waals surface area contributed by atoms with Crippen LogP contribution in [-0.4, -0.2) is 29.0 Å². The van der Waals surface area contributed by atoms with Gasteiger partial charge in [0.15, 0.2) is 0 Å². The standard InChI is InChI=1S/C13H18ClN3O2/c1-2-7-17-13(18)12(14)11(9-16-17)15-6-5-10-4-3-8-19-10/h2,9-10,15H,1,3-8H2. The summed E-state index contributed by atoms with van der Waals surface area (Å²) in [5.41, 5.74) is 0.272. The third-order valence-electron chi connectivity index (χ3n) is 3.09. The van der Waals surface area contributed by atoms with E-state index in [0.29, 0.717) is 18.3 Å². The first-order valence-electron chi connectivity index (χ1n) is 6.44. The van der Waals surface area contributed by atoms with Crippen LogP contribution < -0.4 is 10.9 Å². The summed E-state index contributed by atoms with van der Waals surface area (Å²) < 4.78 is 6.81. The average molecular weight is 284 g/mol. The molecule has 0 bridgehead atoms. The first-order valence-corrected chi connectivity index (χ1v) is 6.82. The highest BCUT2D eigenvalue weighted by Gasteiger charge is 2.15. The van der Waals surface area contributed by atoms with E-state index in [0.717, 1.165) is 32.4 Å². The first kappa shape index (κ1) is 14.1. The predicted molar refractivity (Wildman–Crippen MR) is 75.8 cm³/mol. The van der Waals surface area contributed by atoms with E-state index in [4.69, 9.17) is 16.3 Å². The second-order valence-corrected chi connectivity index (χ2v) is 4.88. The van der Waals surface area contributed by atoms with Gasteiger partial charge in [-0.05, 0) is 19.3 Å². The van der Waals surface area contributed by atoms with Crippen LogP contribution in [0.1, 0.15) is 19.3 Å². The molecular formula is C13H18ClN3O2. The maximum atomic E-state index is 11.9. The fourth-order valence-electron chi connectivity index (χ4n) is 2.08. The van der Waals surface area contributed by atoms with Gasteiger partial charge in [-0.2, -0.15) is 5.10 Å². The summed E-state index contributed by atoms with van der Waals surface area (Å²) >= 11 is 6.03. The highest BCUT2D eigenvalue weighted by Crippen LogP contribution is 2.18. The van der Waals surface area contributed by atoms with Crippen LogP contribution in [0.2, 0.25) is 5.02 Å². The zero-order valence-corrected chi connectivity index (χ0v) is 11.5. The van der Waals surface area contributed by atoms with E-state index in [1.807, 2.05) is 0 Å². The fraction of sp³-hybridized carbons (Fsp3) is 0.538. The summed E-state index contributed by atoms with van der Waals surface area (Å²) in [7, 11) is 0. The van der Waals surface area contributed by atoms with E-state index in [2.05, 4.69) is 17.0 Å². The van der Waals surface area contributed by atoms with Crippen molar-refractivity contribution in [1.82, 2.24) is 9.78 Å². The van der Waals surface area contributed by atoms with Crippen molar-refractivity contribution in [3.8, 4) is 0 Å². The molecule has 0 spiro atoms. The minimum Gasteiger partial charge on any atom is -0.382 e. The lowest BCUT2D eigenvalue weighted by molar-refractivity contribution is 0.107. The smallest absolute Gasteiger partial charge is 0.287 e. The maximum Gasteiger partial charge on any atom is 0.287 e. The number of aromatic nitrogens is 2. The van der Waals surface area contributed by atoms with Gasteiger partial charge in [0.25, 0.3) is 5.56 Å². The fourth-order valence-corrected chi connectivity index (χ4v) is 2.29. The Bertz CT molecular complexity index is 495. The van der Waals surface area contributed by atoms with Crippen molar-refractivity contribution in [1.29, 1.82) is 0 Å². The SMILES string of the molecule is C=CCn1ncc(NCCC2CCCO2)c(Cl)c1=O. The number of nitrogens with zero attached hydrogens (tertiary/aromatic N) is 2. The predicted octanol–water partition coefficient (Wildman–Crippen LogP) is 2.06. The van der Waals surface area contributed by atoms with Gasteiger partial charge in [0, 0.05) is 13.2 Å². The largest absolute Gasteiger partial charge is 0.382 e. The highest BCUT2D eigenvalue weighted by atomic mass is 35.5. The Balaban J connectivity index is 1.94. The third kappa shape index (κ3) is 3.58. The lowest BCUT2D eigenvalue weighted by Crippen LogP contribution is -2.24. The minimum absolute atomic E-state index is 0.171. The van der Waals surface area contributed by atoms with Crippen LogP contribution in [0.5, 0.6) is 0 Å². The Labute approximate surface area is 117 Å². The Morgan fingerprint density at radius 1 is 1.68 bits per heavy atom. The molecule has 1 fully saturated rings. The van der Waals surface area contributed by atoms with Crippen molar-refractivity contribution in [2.45, 2.75) is 31.9 Å². The number of rotatable bonds is 6. The monoisotopic (exact) mass is 283 g/mol. The average Bonchev–Trinajstić information content (AvgIpc) is 2.91. The molecule has 1 aromatic rings. The van der Waals surface area contributed by atoms with Crippen LogP contribution in [0.3, 0.4) is 0 Å². The molecule has 2 rings (SSSR count). The molecule has 1 atom stereocenters. The quantitative estimate of drug-likeness (QED) is 0.812. The number of nitrogens with one attached hydrogen (secondary N) is 1. The van der Waals surface area contributed by atoms with E-state index in [-0.39, 0.29) is 10.6 Å². The second-order valence-electron chi connectivity index (χ2n) is 4.50. The first-order chi connectivity index (χ1) is 9.22. The molecule has 1 aromatic heterocycles. The summed E-state index contributed by atoms with van der Waals surface area (Å²) in [5, 5.41) is 7.34. The van der Waals surface area contributed by atoms with Crippen molar-refractivity contribution >= 4 is 17.3 Å². The summed E-state index contributed by atoms with van der Waals surface area (Å²) in [6, 6.07) is 0. The highest BCUT2D eigenvalue weighted by molar-refractivity contribution is 6.32. The van der Waals surface area contributed by atoms with Gasteiger partial charge in [-0.1, -0.05) is 17.7 Å². The maximum absolute atomic E-state index is 11.9. The second kappa shape index (κ2) is 6.73. The lowest BCUT2D eigenvalue weighted by atomic mass is 10.2. The molecular weight excluding hydrogens is 266 g/mol. The molecule has 0 radical (unpaired) electrons. The number of anilines is 1. The van der Waals surface area contributed by atoms with Crippen molar-refractivity contribution in [2.24, 2.45) is 0 Å². The molecule has 1 aliphatic rings. The van der Waals surface area contributed by atoms with Gasteiger partial charge in [-0.3, -0.25) is 4.79 Å². The van der Waals surface area contributed by atoms with Crippen LogP contribution >= 0.6 is 11.6 Å². The molecule has 1 aliphatic heterocycles. The Morgan fingerprint density at radius 2 is 2.53 bits per heavy atom. The number of hydrogen-bond acceptors (Lipinski definition) is 4.